The molecule has 2 bridgehead atoms. The second kappa shape index (κ2) is 12.2. The van der Waals surface area contributed by atoms with Gasteiger partial charge in [0.1, 0.15) is 17.0 Å². The van der Waals surface area contributed by atoms with Gasteiger partial charge in [-0.25, -0.2) is 13.2 Å². The largest absolute Gasteiger partial charge is 0.467 e. The van der Waals surface area contributed by atoms with Crippen molar-refractivity contribution in [2.45, 2.75) is 31.0 Å². The van der Waals surface area contributed by atoms with Gasteiger partial charge in [0.2, 0.25) is 5.91 Å². The fourth-order valence-corrected chi connectivity index (χ4v) is 6.75. The lowest BCUT2D eigenvalue weighted by Crippen LogP contribution is -2.55. The number of piperazine rings is 1. The van der Waals surface area contributed by atoms with Crippen molar-refractivity contribution in [2.24, 2.45) is 0 Å². The number of amides is 1. The third kappa shape index (κ3) is 5.27. The number of nitrogens with zero attached hydrogens (tertiary/aromatic N) is 7. The summed E-state index contributed by atoms with van der Waals surface area (Å²) in [5.74, 6) is -2.85. The van der Waals surface area contributed by atoms with Crippen molar-refractivity contribution in [3.05, 3.63) is 66.1 Å². The van der Waals surface area contributed by atoms with Crippen LogP contribution in [-0.2, 0) is 9.53 Å². The summed E-state index contributed by atoms with van der Waals surface area (Å²) in [4.78, 5) is 32.2. The van der Waals surface area contributed by atoms with E-state index in [4.69, 9.17) is 9.47 Å². The molecule has 46 heavy (non-hydrogen) atoms. The van der Waals surface area contributed by atoms with Crippen LogP contribution >= 0.6 is 0 Å². The van der Waals surface area contributed by atoms with Crippen molar-refractivity contribution >= 4 is 33.4 Å². The van der Waals surface area contributed by atoms with Gasteiger partial charge in [-0.1, -0.05) is 30.3 Å². The zero-order chi connectivity index (χ0) is 31.9. The van der Waals surface area contributed by atoms with E-state index in [1.807, 2.05) is 11.0 Å². The number of ether oxygens (including phenoxy) is 2. The molecule has 2 aromatic carbocycles. The molecule has 0 radical (unpaired) electrons. The highest BCUT2D eigenvalue weighted by atomic mass is 19.2. The number of methoxy groups -OCH3 is 1. The van der Waals surface area contributed by atoms with Crippen LogP contribution in [0.15, 0.2) is 48.7 Å². The molecule has 5 heterocycles. The van der Waals surface area contributed by atoms with Crippen molar-refractivity contribution < 1.29 is 27.4 Å². The van der Waals surface area contributed by atoms with Gasteiger partial charge in [0, 0.05) is 62.0 Å². The Morgan fingerprint density at radius 3 is 2.78 bits per heavy atom. The number of morpholine rings is 1. The van der Waals surface area contributed by atoms with Gasteiger partial charge >= 0.3 is 6.01 Å². The van der Waals surface area contributed by atoms with E-state index in [1.54, 1.807) is 23.1 Å². The SMILES string of the molecule is COc1nc(N2CCN(C(=O)/C=C/CN3C[C@@H]4C[C@H]3CO4)[C@@H](CC#N)C2)c2cnc(-c3cccc4ccc(F)c(F)c34)c(F)c2n1. The first-order valence-corrected chi connectivity index (χ1v) is 15.1. The van der Waals surface area contributed by atoms with E-state index in [1.165, 1.54) is 25.4 Å². The first-order chi connectivity index (χ1) is 22.4. The average molecular weight is 630 g/mol. The molecular formula is C33H30F3N7O3. The van der Waals surface area contributed by atoms with Crippen molar-refractivity contribution in [3.63, 3.8) is 0 Å². The van der Waals surface area contributed by atoms with E-state index in [0.29, 0.717) is 36.9 Å². The molecule has 3 aliphatic heterocycles. The first kappa shape index (κ1) is 29.9. The monoisotopic (exact) mass is 629 g/mol. The molecule has 3 saturated heterocycles. The Labute approximate surface area is 262 Å². The Kier molecular flexibility index (Phi) is 7.92. The van der Waals surface area contributed by atoms with Gasteiger partial charge in [-0.05, 0) is 17.9 Å². The molecule has 0 aliphatic carbocycles. The summed E-state index contributed by atoms with van der Waals surface area (Å²) in [7, 11) is 1.36. The van der Waals surface area contributed by atoms with Crippen molar-refractivity contribution in [1.82, 2.24) is 24.8 Å². The molecule has 3 fully saturated rings. The quantitative estimate of drug-likeness (QED) is 0.278. The summed E-state index contributed by atoms with van der Waals surface area (Å²) in [5.41, 5.74) is -0.235. The smallest absolute Gasteiger partial charge is 0.318 e. The van der Waals surface area contributed by atoms with Gasteiger partial charge < -0.3 is 19.3 Å². The topological polar surface area (TPSA) is 108 Å². The number of rotatable bonds is 7. The molecule has 13 heteroatoms. The number of halogens is 3. The van der Waals surface area contributed by atoms with Gasteiger partial charge in [0.25, 0.3) is 0 Å². The number of anilines is 1. The number of pyridine rings is 1. The highest BCUT2D eigenvalue weighted by Gasteiger charge is 2.38. The van der Waals surface area contributed by atoms with Crippen LogP contribution in [0.1, 0.15) is 12.8 Å². The van der Waals surface area contributed by atoms with Crippen LogP contribution in [0.2, 0.25) is 0 Å². The summed E-state index contributed by atoms with van der Waals surface area (Å²) >= 11 is 0. The number of hydrogen-bond acceptors (Lipinski definition) is 9. The maximum absolute atomic E-state index is 16.3. The van der Waals surface area contributed by atoms with E-state index in [0.717, 1.165) is 25.6 Å². The maximum atomic E-state index is 16.3. The first-order valence-electron chi connectivity index (χ1n) is 15.1. The lowest BCUT2D eigenvalue weighted by Gasteiger charge is -2.41. The van der Waals surface area contributed by atoms with E-state index >= 15 is 4.39 Å². The minimum Gasteiger partial charge on any atom is -0.467 e. The second-order valence-corrected chi connectivity index (χ2v) is 11.7. The van der Waals surface area contributed by atoms with Crippen LogP contribution in [0.4, 0.5) is 19.0 Å². The van der Waals surface area contributed by atoms with Crippen LogP contribution in [-0.4, -0.2) is 95.3 Å². The molecule has 1 amide bonds. The van der Waals surface area contributed by atoms with Crippen molar-refractivity contribution in [2.75, 3.05) is 51.3 Å². The Morgan fingerprint density at radius 2 is 2.02 bits per heavy atom. The molecule has 3 atom stereocenters. The maximum Gasteiger partial charge on any atom is 0.318 e. The normalized spacial score (nSPS) is 21.5. The van der Waals surface area contributed by atoms with E-state index in [-0.39, 0.29) is 58.5 Å². The number of likely N-dealkylation sites (tertiary alicyclic amines) is 1. The minimum absolute atomic E-state index is 0.0767. The molecule has 0 saturated carbocycles. The summed E-state index contributed by atoms with van der Waals surface area (Å²) in [6, 6.07) is 9.15. The molecule has 0 spiro atoms. The zero-order valence-corrected chi connectivity index (χ0v) is 25.0. The number of nitriles is 1. The van der Waals surface area contributed by atoms with Crippen molar-refractivity contribution in [1.29, 1.82) is 5.26 Å². The lowest BCUT2D eigenvalue weighted by atomic mass is 10.00. The Morgan fingerprint density at radius 1 is 1.15 bits per heavy atom. The number of carbonyl (C=O) groups is 1. The minimum atomic E-state index is -1.10. The van der Waals surface area contributed by atoms with Gasteiger partial charge in [0.05, 0.1) is 43.7 Å². The highest BCUT2D eigenvalue weighted by molar-refractivity contribution is 5.99. The predicted octanol–water partition coefficient (Wildman–Crippen LogP) is 4.23. The molecule has 0 unspecified atom stereocenters. The van der Waals surface area contributed by atoms with Gasteiger partial charge in [-0.15, -0.1) is 0 Å². The second-order valence-electron chi connectivity index (χ2n) is 11.7. The molecule has 236 valence electrons. The van der Waals surface area contributed by atoms with Crippen molar-refractivity contribution in [3.8, 4) is 23.3 Å². The van der Waals surface area contributed by atoms with E-state index in [9.17, 15) is 18.8 Å². The molecular weight excluding hydrogens is 599 g/mol. The molecule has 10 nitrogen and oxygen atoms in total. The third-order valence-corrected chi connectivity index (χ3v) is 9.02. The third-order valence-electron chi connectivity index (χ3n) is 9.02. The lowest BCUT2D eigenvalue weighted by molar-refractivity contribution is -0.128. The van der Waals surface area contributed by atoms with Crippen LogP contribution in [0.5, 0.6) is 6.01 Å². The summed E-state index contributed by atoms with van der Waals surface area (Å²) in [5, 5.41) is 10.2. The van der Waals surface area contributed by atoms with Gasteiger partial charge in [-0.3, -0.25) is 14.7 Å². The van der Waals surface area contributed by atoms with Gasteiger partial charge in [-0.2, -0.15) is 15.2 Å². The molecule has 4 aromatic rings. The van der Waals surface area contributed by atoms with E-state index in [2.05, 4.69) is 25.9 Å². The van der Waals surface area contributed by atoms with Crippen LogP contribution < -0.4 is 9.64 Å². The Balaban J connectivity index is 1.18. The molecule has 2 aromatic heterocycles. The fourth-order valence-electron chi connectivity index (χ4n) is 6.75. The molecule has 3 aliphatic rings. The van der Waals surface area contributed by atoms with Crippen LogP contribution in [0.3, 0.4) is 0 Å². The number of carbonyl (C=O) groups excluding carboxylic acids is 1. The standard InChI is InChI=1S/C33H30F3N7O3/c1-45-33-39-31-24(15-38-30(29(31)36)23-5-2-4-19-7-8-25(34)28(35)27(19)23)32(40-33)42-12-13-43(20(16-42)9-10-37)26(44)6-3-11-41-17-22-14-21(41)18-46-22/h2-8,15,20-22H,9,11-14,16-18H2,1H3/b6-3+/t20-,21-,22-/m0/s1. The van der Waals surface area contributed by atoms with Gasteiger partial charge in [0.15, 0.2) is 17.5 Å². The Bertz CT molecular complexity index is 1920. The van der Waals surface area contributed by atoms with E-state index < -0.39 is 23.5 Å². The molecule has 0 N–H and O–H groups in total. The average Bonchev–Trinajstić information content (AvgIpc) is 3.70. The predicted molar refractivity (Wildman–Crippen MR) is 164 cm³/mol. The van der Waals surface area contributed by atoms with Crippen LogP contribution in [0.25, 0.3) is 32.9 Å². The number of hydrogen-bond donors (Lipinski definition) is 0. The number of fused-ring (bicyclic) bond motifs is 4. The number of benzene rings is 2. The Hall–Kier alpha value is -4.80. The summed E-state index contributed by atoms with van der Waals surface area (Å²) in [6.07, 6.45) is 6.22. The fraction of sp³-hybridized carbons (Fsp3) is 0.364. The van der Waals surface area contributed by atoms with Crippen LogP contribution in [0, 0.1) is 28.8 Å². The summed E-state index contributed by atoms with van der Waals surface area (Å²) in [6.45, 7) is 3.16. The number of aromatic nitrogens is 3. The zero-order valence-electron chi connectivity index (χ0n) is 25.0. The summed E-state index contributed by atoms with van der Waals surface area (Å²) < 4.78 is 56.3. The highest BCUT2D eigenvalue weighted by Crippen LogP contribution is 2.36. The molecule has 7 rings (SSSR count).